The van der Waals surface area contributed by atoms with E-state index in [-0.39, 0.29) is 42.3 Å². The Morgan fingerprint density at radius 1 is 1.35 bits per heavy atom. The molecule has 1 aromatic rings. The second kappa shape index (κ2) is 12.4. The molecule has 8 nitrogen and oxygen atoms in total. The molecule has 3 atom stereocenters. The first-order valence-corrected chi connectivity index (χ1v) is 13.4. The summed E-state index contributed by atoms with van der Waals surface area (Å²) in [7, 11) is -2.22. The van der Waals surface area contributed by atoms with Crippen LogP contribution in [-0.4, -0.2) is 74.2 Å². The number of aliphatic hydroxyl groups is 1. The lowest BCUT2D eigenvalue weighted by atomic mass is 10.0. The first-order chi connectivity index (χ1) is 16.0. The molecular formula is C25H39N3O5S. The van der Waals surface area contributed by atoms with Crippen LogP contribution in [0.5, 0.6) is 5.75 Å². The van der Waals surface area contributed by atoms with Crippen molar-refractivity contribution in [3.05, 3.63) is 23.8 Å². The van der Waals surface area contributed by atoms with E-state index in [4.69, 9.17) is 4.74 Å². The smallest absolute Gasteiger partial charge is 0.317 e. The van der Waals surface area contributed by atoms with Crippen molar-refractivity contribution in [2.45, 2.75) is 64.5 Å². The number of nitrogens with one attached hydrogen (secondary N) is 1. The van der Waals surface area contributed by atoms with Gasteiger partial charge in [-0.3, -0.25) is 0 Å². The zero-order chi connectivity index (χ0) is 25.5. The fourth-order valence-corrected chi connectivity index (χ4v) is 5.42. The van der Waals surface area contributed by atoms with Crippen molar-refractivity contribution >= 4 is 16.1 Å². The van der Waals surface area contributed by atoms with Crippen molar-refractivity contribution in [2.24, 2.45) is 11.8 Å². The van der Waals surface area contributed by atoms with Crippen LogP contribution >= 0.6 is 0 Å². The highest BCUT2D eigenvalue weighted by molar-refractivity contribution is 7.89. The Balaban J connectivity index is 2.48. The van der Waals surface area contributed by atoms with Gasteiger partial charge in [-0.2, -0.15) is 4.31 Å². The minimum Gasteiger partial charge on any atom is -0.487 e. The van der Waals surface area contributed by atoms with Gasteiger partial charge in [0.15, 0.2) is 0 Å². The van der Waals surface area contributed by atoms with Gasteiger partial charge in [0, 0.05) is 44.1 Å². The minimum absolute atomic E-state index is 0.0391. The summed E-state index contributed by atoms with van der Waals surface area (Å²) in [6.45, 7) is 10.4. The van der Waals surface area contributed by atoms with Crippen LogP contribution in [0.15, 0.2) is 23.1 Å². The van der Waals surface area contributed by atoms with Gasteiger partial charge in [0.2, 0.25) is 10.0 Å². The van der Waals surface area contributed by atoms with Crippen LogP contribution in [0.3, 0.4) is 0 Å². The number of aliphatic hydroxyl groups excluding tert-OH is 1. The monoisotopic (exact) mass is 493 g/mol. The number of amides is 2. The Labute approximate surface area is 204 Å². The highest BCUT2D eigenvalue weighted by atomic mass is 32.2. The second-order valence-corrected chi connectivity index (χ2v) is 11.3. The molecular weight excluding hydrogens is 454 g/mol. The van der Waals surface area contributed by atoms with Crippen molar-refractivity contribution in [1.82, 2.24) is 14.5 Å². The summed E-state index contributed by atoms with van der Waals surface area (Å²) < 4.78 is 34.6. The fourth-order valence-electron chi connectivity index (χ4n) is 3.60. The number of fused-ring (bicyclic) bond motifs is 1. The molecule has 1 aliphatic rings. The van der Waals surface area contributed by atoms with Gasteiger partial charge in [-0.15, -0.1) is 0 Å². The number of sulfonamides is 1. The van der Waals surface area contributed by atoms with Gasteiger partial charge in [-0.05, 0) is 37.5 Å². The third-order valence-electron chi connectivity index (χ3n) is 5.74. The van der Waals surface area contributed by atoms with Gasteiger partial charge < -0.3 is 20.1 Å². The molecule has 34 heavy (non-hydrogen) atoms. The van der Waals surface area contributed by atoms with Gasteiger partial charge in [-0.1, -0.05) is 39.5 Å². The molecule has 2 amide bonds. The predicted octanol–water partition coefficient (Wildman–Crippen LogP) is 2.90. The average molecular weight is 494 g/mol. The Hall–Kier alpha value is -2.28. The predicted molar refractivity (Wildman–Crippen MR) is 133 cm³/mol. The van der Waals surface area contributed by atoms with Gasteiger partial charge >= 0.3 is 6.03 Å². The summed E-state index contributed by atoms with van der Waals surface area (Å²) in [5, 5.41) is 12.6. The Bertz CT molecular complexity index is 1000. The third kappa shape index (κ3) is 7.11. The maximum atomic E-state index is 13.5. The number of hydrogen-bond acceptors (Lipinski definition) is 5. The van der Waals surface area contributed by atoms with Crippen LogP contribution < -0.4 is 10.1 Å². The lowest BCUT2D eigenvalue weighted by Gasteiger charge is -2.37. The summed E-state index contributed by atoms with van der Waals surface area (Å²) in [6.07, 6.45) is 1.10. The molecule has 2 N–H and O–H groups in total. The zero-order valence-corrected chi connectivity index (χ0v) is 22.0. The molecule has 1 aliphatic heterocycles. The van der Waals surface area contributed by atoms with E-state index in [0.29, 0.717) is 18.0 Å². The van der Waals surface area contributed by atoms with Crippen molar-refractivity contribution in [3.63, 3.8) is 0 Å². The van der Waals surface area contributed by atoms with Crippen LogP contribution in [0.1, 0.15) is 53.0 Å². The SMILES string of the molecule is CCCNC(=O)N(C)C[C@@H]1Oc2cc(C#CCC(C)C)ccc2S(=O)(=O)N([C@H](C)CO)C[C@H]1C. The van der Waals surface area contributed by atoms with Crippen LogP contribution in [0, 0.1) is 23.7 Å². The number of ether oxygens (including phenoxy) is 1. The van der Waals surface area contributed by atoms with Crippen LogP contribution in [0.2, 0.25) is 0 Å². The molecule has 0 radical (unpaired) electrons. The second-order valence-electron chi connectivity index (χ2n) is 9.41. The number of carbonyl (C=O) groups is 1. The fraction of sp³-hybridized carbons (Fsp3) is 0.640. The van der Waals surface area contributed by atoms with E-state index in [2.05, 4.69) is 31.0 Å². The Morgan fingerprint density at radius 3 is 2.68 bits per heavy atom. The lowest BCUT2D eigenvalue weighted by Crippen LogP contribution is -2.51. The molecule has 0 spiro atoms. The molecule has 1 heterocycles. The van der Waals surface area contributed by atoms with Crippen molar-refractivity contribution in [3.8, 4) is 17.6 Å². The minimum atomic E-state index is -3.91. The molecule has 9 heteroatoms. The highest BCUT2D eigenvalue weighted by Crippen LogP contribution is 2.34. The number of hydrogen-bond donors (Lipinski definition) is 2. The van der Waals surface area contributed by atoms with Gasteiger partial charge in [0.05, 0.1) is 13.2 Å². The van der Waals surface area contributed by atoms with Gasteiger partial charge in [0.25, 0.3) is 0 Å². The van der Waals surface area contributed by atoms with E-state index in [1.807, 2.05) is 13.8 Å². The molecule has 190 valence electrons. The Morgan fingerprint density at radius 2 is 2.06 bits per heavy atom. The number of urea groups is 1. The summed E-state index contributed by atoms with van der Waals surface area (Å²) >= 11 is 0. The maximum absolute atomic E-state index is 13.5. The maximum Gasteiger partial charge on any atom is 0.317 e. The topological polar surface area (TPSA) is 99.2 Å². The normalized spacial score (nSPS) is 20.7. The van der Waals surface area contributed by atoms with Crippen LogP contribution in [0.25, 0.3) is 0 Å². The summed E-state index contributed by atoms with van der Waals surface area (Å²) in [4.78, 5) is 14.0. The summed E-state index contributed by atoms with van der Waals surface area (Å²) in [5.74, 6) is 6.61. The van der Waals surface area contributed by atoms with Crippen LogP contribution in [-0.2, 0) is 10.0 Å². The van der Waals surface area contributed by atoms with Gasteiger partial charge in [0.1, 0.15) is 16.7 Å². The van der Waals surface area contributed by atoms with Gasteiger partial charge in [-0.25, -0.2) is 13.2 Å². The highest BCUT2D eigenvalue weighted by Gasteiger charge is 2.38. The summed E-state index contributed by atoms with van der Waals surface area (Å²) in [6, 6.07) is 4.05. The molecule has 0 saturated carbocycles. The van der Waals surface area contributed by atoms with E-state index in [1.165, 1.54) is 10.4 Å². The standard InChI is InChI=1S/C25H39N3O5S/c1-7-13-26-25(30)27(6)16-23-19(4)15-28(20(5)17-29)34(31,32)24-12-11-21(14-22(24)33-23)10-8-9-18(2)3/h11-12,14,18-20,23,29H,7,9,13,15-17H2,1-6H3,(H,26,30)/t19-,20-,23+/m1/s1. The average Bonchev–Trinajstić information content (AvgIpc) is 2.78. The van der Waals surface area contributed by atoms with E-state index in [0.717, 1.165) is 12.8 Å². The largest absolute Gasteiger partial charge is 0.487 e. The molecule has 0 fully saturated rings. The first kappa shape index (κ1) is 28.0. The molecule has 0 unspecified atom stereocenters. The van der Waals surface area contributed by atoms with Crippen molar-refractivity contribution < 1.29 is 23.1 Å². The van der Waals surface area contributed by atoms with E-state index in [9.17, 15) is 18.3 Å². The quantitative estimate of drug-likeness (QED) is 0.569. The number of likely N-dealkylation sites (N-methyl/N-ethyl adjacent to an activating group) is 1. The lowest BCUT2D eigenvalue weighted by molar-refractivity contribution is 0.0812. The number of carbonyl (C=O) groups excluding carboxylic acids is 1. The molecule has 0 saturated heterocycles. The zero-order valence-electron chi connectivity index (χ0n) is 21.2. The molecule has 2 rings (SSSR count). The summed E-state index contributed by atoms with van der Waals surface area (Å²) in [5.41, 5.74) is 0.664. The van der Waals surface area contributed by atoms with E-state index < -0.39 is 22.2 Å². The number of nitrogens with zero attached hydrogens (tertiary/aromatic N) is 2. The van der Waals surface area contributed by atoms with E-state index >= 15 is 0 Å². The molecule has 1 aromatic carbocycles. The van der Waals surface area contributed by atoms with Crippen molar-refractivity contribution in [2.75, 3.05) is 33.3 Å². The number of rotatable bonds is 7. The number of benzene rings is 1. The van der Waals surface area contributed by atoms with Crippen LogP contribution in [0.4, 0.5) is 4.79 Å². The molecule has 0 bridgehead atoms. The Kier molecular flexibility index (Phi) is 10.2. The molecule has 0 aliphatic carbocycles. The molecule has 0 aromatic heterocycles. The van der Waals surface area contributed by atoms with E-state index in [1.54, 1.807) is 31.0 Å². The first-order valence-electron chi connectivity index (χ1n) is 11.9. The third-order valence-corrected chi connectivity index (χ3v) is 7.76. The van der Waals surface area contributed by atoms with Crippen molar-refractivity contribution in [1.29, 1.82) is 0 Å².